The summed E-state index contributed by atoms with van der Waals surface area (Å²) < 4.78 is 5.98. The average Bonchev–Trinajstić information content (AvgIpc) is 2.62. The summed E-state index contributed by atoms with van der Waals surface area (Å²) in [6, 6.07) is 5.97. The Morgan fingerprint density at radius 3 is 2.95 bits per heavy atom. The van der Waals surface area contributed by atoms with Crippen LogP contribution in [0.25, 0.3) is 0 Å². The van der Waals surface area contributed by atoms with Crippen molar-refractivity contribution in [1.29, 1.82) is 0 Å². The lowest BCUT2D eigenvalue weighted by molar-refractivity contribution is -0.137. The summed E-state index contributed by atoms with van der Waals surface area (Å²) in [4.78, 5) is 10.5. The van der Waals surface area contributed by atoms with Gasteiger partial charge in [-0.25, -0.2) is 0 Å². The lowest BCUT2D eigenvalue weighted by Crippen LogP contribution is -2.26. The van der Waals surface area contributed by atoms with E-state index in [4.69, 9.17) is 15.6 Å². The second-order valence-corrected chi connectivity index (χ2v) is 5.84. The van der Waals surface area contributed by atoms with Crippen molar-refractivity contribution in [2.75, 3.05) is 0 Å². The highest BCUT2D eigenvalue weighted by atomic mass is 16.5. The van der Waals surface area contributed by atoms with E-state index in [-0.39, 0.29) is 18.1 Å². The summed E-state index contributed by atoms with van der Waals surface area (Å²) in [5.41, 5.74) is 8.13. The molecule has 1 aliphatic heterocycles. The van der Waals surface area contributed by atoms with Crippen LogP contribution in [0.1, 0.15) is 37.8 Å². The number of para-hydroxylation sites is 1. The van der Waals surface area contributed by atoms with Crippen LogP contribution < -0.4 is 10.5 Å². The van der Waals surface area contributed by atoms with Gasteiger partial charge in [0.1, 0.15) is 11.4 Å². The fourth-order valence-corrected chi connectivity index (χ4v) is 2.53. The standard InChI is InChI=1S/C15H21NO3/c1-15(2)9-11-5-3-4-10(14(11)19-15)8-12(16)6-7-13(17)18/h3-5,12H,6-9,16H2,1-2H3,(H,17,18). The van der Waals surface area contributed by atoms with Gasteiger partial charge in [0, 0.05) is 18.9 Å². The Bertz CT molecular complexity index is 482. The van der Waals surface area contributed by atoms with Gasteiger partial charge in [0.05, 0.1) is 0 Å². The number of carbonyl (C=O) groups is 1. The highest BCUT2D eigenvalue weighted by Crippen LogP contribution is 2.38. The summed E-state index contributed by atoms with van der Waals surface area (Å²) in [6.07, 6.45) is 2.16. The molecule has 0 aromatic heterocycles. The molecule has 1 aromatic rings. The average molecular weight is 263 g/mol. The fraction of sp³-hybridized carbons (Fsp3) is 0.533. The molecule has 0 radical (unpaired) electrons. The summed E-state index contributed by atoms with van der Waals surface area (Å²) >= 11 is 0. The highest BCUT2D eigenvalue weighted by Gasteiger charge is 2.31. The molecular weight excluding hydrogens is 242 g/mol. The normalized spacial score (nSPS) is 17.6. The predicted octanol–water partition coefficient (Wildman–Crippen LogP) is 2.13. The van der Waals surface area contributed by atoms with Crippen LogP contribution >= 0.6 is 0 Å². The van der Waals surface area contributed by atoms with Crippen molar-refractivity contribution >= 4 is 5.97 Å². The van der Waals surface area contributed by atoms with Crippen molar-refractivity contribution < 1.29 is 14.6 Å². The zero-order chi connectivity index (χ0) is 14.0. The Morgan fingerprint density at radius 1 is 1.53 bits per heavy atom. The second-order valence-electron chi connectivity index (χ2n) is 5.84. The molecule has 0 spiro atoms. The molecule has 3 N–H and O–H groups in total. The number of rotatable bonds is 5. The molecule has 1 aliphatic rings. The summed E-state index contributed by atoms with van der Waals surface area (Å²) in [6.45, 7) is 4.14. The minimum absolute atomic E-state index is 0.114. The van der Waals surface area contributed by atoms with Crippen LogP contribution in [0.5, 0.6) is 5.75 Å². The number of aliphatic carboxylic acids is 1. The van der Waals surface area contributed by atoms with Gasteiger partial charge >= 0.3 is 5.97 Å². The number of hydrogen-bond donors (Lipinski definition) is 2. The van der Waals surface area contributed by atoms with Crippen LogP contribution in [-0.2, 0) is 17.6 Å². The van der Waals surface area contributed by atoms with E-state index in [2.05, 4.69) is 19.9 Å². The fourth-order valence-electron chi connectivity index (χ4n) is 2.53. The van der Waals surface area contributed by atoms with Gasteiger partial charge in [-0.15, -0.1) is 0 Å². The van der Waals surface area contributed by atoms with Gasteiger partial charge in [0.2, 0.25) is 0 Å². The van der Waals surface area contributed by atoms with E-state index < -0.39 is 5.97 Å². The summed E-state index contributed by atoms with van der Waals surface area (Å²) in [5.74, 6) is 0.143. The zero-order valence-corrected chi connectivity index (χ0v) is 11.5. The molecule has 1 heterocycles. The first-order valence-corrected chi connectivity index (χ1v) is 6.64. The topological polar surface area (TPSA) is 72.6 Å². The predicted molar refractivity (Wildman–Crippen MR) is 73.4 cm³/mol. The van der Waals surface area contributed by atoms with Gasteiger partial charge in [-0.2, -0.15) is 0 Å². The largest absolute Gasteiger partial charge is 0.487 e. The maximum absolute atomic E-state index is 10.5. The molecule has 0 saturated heterocycles. The molecule has 0 aliphatic carbocycles. The number of carboxylic acids is 1. The Kier molecular flexibility index (Phi) is 3.80. The Morgan fingerprint density at radius 2 is 2.26 bits per heavy atom. The maximum atomic E-state index is 10.5. The van der Waals surface area contributed by atoms with Crippen LogP contribution in [0, 0.1) is 0 Å². The second kappa shape index (κ2) is 5.21. The number of carboxylic acid groups (broad SMARTS) is 1. The Balaban J connectivity index is 2.07. The van der Waals surface area contributed by atoms with E-state index in [1.54, 1.807) is 0 Å². The minimum atomic E-state index is -0.800. The van der Waals surface area contributed by atoms with Crippen molar-refractivity contribution in [2.45, 2.75) is 51.2 Å². The van der Waals surface area contributed by atoms with Crippen molar-refractivity contribution in [3.8, 4) is 5.75 Å². The van der Waals surface area contributed by atoms with Gasteiger partial charge in [-0.3, -0.25) is 4.79 Å². The van der Waals surface area contributed by atoms with Crippen LogP contribution in [0.4, 0.5) is 0 Å². The SMILES string of the molecule is CC1(C)Cc2cccc(CC(N)CCC(=O)O)c2O1. The number of ether oxygens (including phenoxy) is 1. The lowest BCUT2D eigenvalue weighted by Gasteiger charge is -2.19. The van der Waals surface area contributed by atoms with E-state index >= 15 is 0 Å². The van der Waals surface area contributed by atoms with Crippen LogP contribution in [0.3, 0.4) is 0 Å². The van der Waals surface area contributed by atoms with Crippen molar-refractivity contribution in [3.63, 3.8) is 0 Å². The van der Waals surface area contributed by atoms with E-state index in [0.717, 1.165) is 17.7 Å². The monoisotopic (exact) mass is 263 g/mol. The third-order valence-electron chi connectivity index (χ3n) is 3.38. The molecule has 19 heavy (non-hydrogen) atoms. The van der Waals surface area contributed by atoms with Crippen molar-refractivity contribution in [3.05, 3.63) is 29.3 Å². The molecule has 1 unspecified atom stereocenters. The molecule has 4 heteroatoms. The molecule has 4 nitrogen and oxygen atoms in total. The molecule has 1 aromatic carbocycles. The number of nitrogens with two attached hydrogens (primary N) is 1. The number of fused-ring (bicyclic) bond motifs is 1. The summed E-state index contributed by atoms with van der Waals surface area (Å²) in [5, 5.41) is 8.67. The molecule has 104 valence electrons. The van der Waals surface area contributed by atoms with Gasteiger partial charge in [0.25, 0.3) is 0 Å². The third kappa shape index (κ3) is 3.47. The molecule has 0 bridgehead atoms. The Hall–Kier alpha value is -1.55. The van der Waals surface area contributed by atoms with Gasteiger partial charge in [0.15, 0.2) is 0 Å². The van der Waals surface area contributed by atoms with E-state index in [9.17, 15) is 4.79 Å². The first kappa shape index (κ1) is 13.9. The quantitative estimate of drug-likeness (QED) is 0.853. The van der Waals surface area contributed by atoms with Crippen molar-refractivity contribution in [1.82, 2.24) is 0 Å². The molecule has 0 saturated carbocycles. The van der Waals surface area contributed by atoms with Gasteiger partial charge < -0.3 is 15.6 Å². The smallest absolute Gasteiger partial charge is 0.303 e. The number of hydrogen-bond acceptors (Lipinski definition) is 3. The molecule has 0 amide bonds. The zero-order valence-electron chi connectivity index (χ0n) is 11.5. The van der Waals surface area contributed by atoms with E-state index in [1.807, 2.05) is 12.1 Å². The maximum Gasteiger partial charge on any atom is 0.303 e. The molecular formula is C15H21NO3. The van der Waals surface area contributed by atoms with Crippen molar-refractivity contribution in [2.24, 2.45) is 5.73 Å². The van der Waals surface area contributed by atoms with Gasteiger partial charge in [-0.05, 0) is 37.8 Å². The summed E-state index contributed by atoms with van der Waals surface area (Å²) in [7, 11) is 0. The molecule has 2 rings (SSSR count). The van der Waals surface area contributed by atoms with Crippen LogP contribution in [0.2, 0.25) is 0 Å². The third-order valence-corrected chi connectivity index (χ3v) is 3.38. The first-order valence-electron chi connectivity index (χ1n) is 6.64. The van der Waals surface area contributed by atoms with Crippen LogP contribution in [-0.4, -0.2) is 22.7 Å². The Labute approximate surface area is 113 Å². The van der Waals surface area contributed by atoms with Gasteiger partial charge in [-0.1, -0.05) is 18.2 Å². The lowest BCUT2D eigenvalue weighted by atomic mass is 9.97. The minimum Gasteiger partial charge on any atom is -0.487 e. The highest BCUT2D eigenvalue weighted by molar-refractivity contribution is 5.66. The number of benzene rings is 1. The van der Waals surface area contributed by atoms with Crippen LogP contribution in [0.15, 0.2) is 18.2 Å². The van der Waals surface area contributed by atoms with E-state index in [1.165, 1.54) is 5.56 Å². The van der Waals surface area contributed by atoms with E-state index in [0.29, 0.717) is 12.8 Å². The molecule has 0 fully saturated rings. The molecule has 1 atom stereocenters. The first-order chi connectivity index (χ1) is 8.87.